The average molecular weight is 295 g/mol. The summed E-state index contributed by atoms with van der Waals surface area (Å²) in [5, 5.41) is 0. The largest absolute Gasteiger partial charge is 0.493 e. The van der Waals surface area contributed by atoms with Crippen molar-refractivity contribution in [1.29, 1.82) is 0 Å². The Bertz CT molecular complexity index is 412. The molecule has 0 radical (unpaired) electrons. The van der Waals surface area contributed by atoms with Gasteiger partial charge in [0.25, 0.3) is 0 Å². The van der Waals surface area contributed by atoms with E-state index in [9.17, 15) is 13.2 Å². The van der Waals surface area contributed by atoms with Crippen LogP contribution in [0.1, 0.15) is 5.56 Å². The molecule has 8 heteroatoms. The molecule has 0 heterocycles. The van der Waals surface area contributed by atoms with Crippen molar-refractivity contribution in [2.75, 3.05) is 27.6 Å². The fraction of sp³-hybridized carbons (Fsp3) is 0.500. The van der Waals surface area contributed by atoms with Crippen LogP contribution in [0.5, 0.6) is 17.2 Å². The fourth-order valence-electron chi connectivity index (χ4n) is 1.45. The number of halogens is 3. The molecule has 0 unspecified atom stereocenters. The lowest BCUT2D eigenvalue weighted by Gasteiger charge is -2.16. The summed E-state index contributed by atoms with van der Waals surface area (Å²) in [6, 6.07) is 3.23. The Morgan fingerprint density at radius 2 is 1.65 bits per heavy atom. The van der Waals surface area contributed by atoms with E-state index in [1.54, 1.807) is 12.1 Å². The summed E-state index contributed by atoms with van der Waals surface area (Å²) < 4.78 is 55.5. The lowest BCUT2D eigenvalue weighted by Crippen LogP contribution is -2.19. The van der Waals surface area contributed by atoms with Crippen molar-refractivity contribution in [2.24, 2.45) is 5.73 Å². The maximum Gasteiger partial charge on any atom is 0.411 e. The molecule has 5 nitrogen and oxygen atoms in total. The van der Waals surface area contributed by atoms with Crippen LogP contribution in [0.25, 0.3) is 0 Å². The van der Waals surface area contributed by atoms with Crippen molar-refractivity contribution in [3.63, 3.8) is 0 Å². The first-order valence-electron chi connectivity index (χ1n) is 5.63. The molecule has 20 heavy (non-hydrogen) atoms. The standard InChI is InChI=1S/C12H16F3NO4/c1-17-9-3-8(5-16)4-10(18-2)11(9)20-7-19-6-12(13,14)15/h3-4H,5-7,16H2,1-2H3. The number of methoxy groups -OCH3 is 2. The third kappa shape index (κ3) is 4.78. The molecule has 0 saturated carbocycles. The van der Waals surface area contributed by atoms with Gasteiger partial charge in [0.1, 0.15) is 6.61 Å². The van der Waals surface area contributed by atoms with E-state index >= 15 is 0 Å². The molecule has 0 aliphatic carbocycles. The molecule has 0 saturated heterocycles. The van der Waals surface area contributed by atoms with E-state index in [1.807, 2.05) is 0 Å². The first kappa shape index (κ1) is 16.4. The predicted octanol–water partition coefficient (Wildman–Crippen LogP) is 2.08. The Balaban J connectivity index is 2.77. The minimum Gasteiger partial charge on any atom is -0.493 e. The van der Waals surface area contributed by atoms with Gasteiger partial charge in [-0.3, -0.25) is 0 Å². The first-order valence-corrected chi connectivity index (χ1v) is 5.63. The van der Waals surface area contributed by atoms with E-state index < -0.39 is 19.6 Å². The van der Waals surface area contributed by atoms with Crippen molar-refractivity contribution >= 4 is 0 Å². The average Bonchev–Trinajstić information content (AvgIpc) is 2.41. The summed E-state index contributed by atoms with van der Waals surface area (Å²) >= 11 is 0. The zero-order valence-corrected chi connectivity index (χ0v) is 11.1. The highest BCUT2D eigenvalue weighted by Crippen LogP contribution is 2.38. The summed E-state index contributed by atoms with van der Waals surface area (Å²) in [6.07, 6.45) is -4.40. The number of alkyl halides is 3. The van der Waals surface area contributed by atoms with Gasteiger partial charge < -0.3 is 24.7 Å². The molecular weight excluding hydrogens is 279 g/mol. The Hall–Kier alpha value is -1.67. The Labute approximate surface area is 114 Å². The van der Waals surface area contributed by atoms with Crippen LogP contribution in [0, 0.1) is 0 Å². The summed E-state index contributed by atoms with van der Waals surface area (Å²) in [5.74, 6) is 0.773. The number of nitrogens with two attached hydrogens (primary N) is 1. The number of hydrogen-bond donors (Lipinski definition) is 1. The second-order valence-electron chi connectivity index (χ2n) is 3.76. The molecule has 1 aromatic carbocycles. The van der Waals surface area contributed by atoms with Crippen molar-refractivity contribution < 1.29 is 32.1 Å². The minimum atomic E-state index is -4.40. The Morgan fingerprint density at radius 1 is 1.10 bits per heavy atom. The number of rotatable bonds is 7. The van der Waals surface area contributed by atoms with Crippen LogP contribution in [0.2, 0.25) is 0 Å². The van der Waals surface area contributed by atoms with Gasteiger partial charge in [0.15, 0.2) is 18.3 Å². The van der Waals surface area contributed by atoms with Gasteiger partial charge in [-0.25, -0.2) is 0 Å². The van der Waals surface area contributed by atoms with Crippen LogP contribution in [-0.4, -0.2) is 33.8 Å². The molecule has 1 rings (SSSR count). The molecule has 1 aromatic rings. The summed E-state index contributed by atoms with van der Waals surface area (Å²) in [4.78, 5) is 0. The minimum absolute atomic E-state index is 0.161. The summed E-state index contributed by atoms with van der Waals surface area (Å²) in [6.45, 7) is -1.70. The predicted molar refractivity (Wildman–Crippen MR) is 64.9 cm³/mol. The lowest BCUT2D eigenvalue weighted by molar-refractivity contribution is -0.187. The SMILES string of the molecule is COc1cc(CN)cc(OC)c1OCOCC(F)(F)F. The molecular formula is C12H16F3NO4. The highest BCUT2D eigenvalue weighted by molar-refractivity contribution is 5.53. The maximum absolute atomic E-state index is 11.9. The van der Waals surface area contributed by atoms with Gasteiger partial charge in [0.2, 0.25) is 5.75 Å². The molecule has 0 aliphatic rings. The zero-order valence-electron chi connectivity index (χ0n) is 11.1. The van der Waals surface area contributed by atoms with Crippen molar-refractivity contribution in [2.45, 2.75) is 12.7 Å². The summed E-state index contributed by atoms with van der Waals surface area (Å²) in [7, 11) is 2.80. The third-order valence-electron chi connectivity index (χ3n) is 2.31. The van der Waals surface area contributed by atoms with Crippen LogP contribution in [0.15, 0.2) is 12.1 Å². The van der Waals surface area contributed by atoms with Crippen LogP contribution in [-0.2, 0) is 11.3 Å². The van der Waals surface area contributed by atoms with Crippen LogP contribution in [0.4, 0.5) is 13.2 Å². The fourth-order valence-corrected chi connectivity index (χ4v) is 1.45. The number of ether oxygens (including phenoxy) is 4. The van der Waals surface area contributed by atoms with Crippen molar-refractivity contribution in [1.82, 2.24) is 0 Å². The van der Waals surface area contributed by atoms with E-state index in [-0.39, 0.29) is 12.3 Å². The molecule has 0 bridgehead atoms. The number of hydrogen-bond acceptors (Lipinski definition) is 5. The van der Waals surface area contributed by atoms with E-state index in [2.05, 4.69) is 4.74 Å². The van der Waals surface area contributed by atoms with Gasteiger partial charge in [0.05, 0.1) is 14.2 Å². The van der Waals surface area contributed by atoms with Crippen molar-refractivity contribution in [3.05, 3.63) is 17.7 Å². The van der Waals surface area contributed by atoms with Crippen molar-refractivity contribution in [3.8, 4) is 17.2 Å². The van der Waals surface area contributed by atoms with E-state index in [4.69, 9.17) is 19.9 Å². The molecule has 0 aromatic heterocycles. The van der Waals surface area contributed by atoms with Gasteiger partial charge >= 0.3 is 6.18 Å². The van der Waals surface area contributed by atoms with Gasteiger partial charge in [-0.1, -0.05) is 0 Å². The normalized spacial score (nSPS) is 11.3. The quantitative estimate of drug-likeness (QED) is 0.616. The maximum atomic E-state index is 11.9. The molecule has 0 aliphatic heterocycles. The second kappa shape index (κ2) is 7.20. The molecule has 0 atom stereocenters. The molecule has 0 fully saturated rings. The van der Waals surface area contributed by atoms with Crippen LogP contribution >= 0.6 is 0 Å². The molecule has 2 N–H and O–H groups in total. The number of benzene rings is 1. The van der Waals surface area contributed by atoms with Gasteiger partial charge in [-0.15, -0.1) is 0 Å². The van der Waals surface area contributed by atoms with Gasteiger partial charge in [0, 0.05) is 6.54 Å². The highest BCUT2D eigenvalue weighted by atomic mass is 19.4. The zero-order chi connectivity index (χ0) is 15.2. The Morgan fingerprint density at radius 3 is 2.05 bits per heavy atom. The van der Waals surface area contributed by atoms with E-state index in [0.717, 1.165) is 5.56 Å². The first-order chi connectivity index (χ1) is 9.41. The second-order valence-corrected chi connectivity index (χ2v) is 3.76. The summed E-state index contributed by atoms with van der Waals surface area (Å²) in [5.41, 5.74) is 6.25. The Kier molecular flexibility index (Phi) is 5.90. The molecule has 0 spiro atoms. The van der Waals surface area contributed by atoms with E-state index in [0.29, 0.717) is 11.5 Å². The van der Waals surface area contributed by atoms with E-state index in [1.165, 1.54) is 14.2 Å². The van der Waals surface area contributed by atoms with Gasteiger partial charge in [-0.05, 0) is 17.7 Å². The van der Waals surface area contributed by atoms with Crippen LogP contribution in [0.3, 0.4) is 0 Å². The highest BCUT2D eigenvalue weighted by Gasteiger charge is 2.27. The molecule has 0 amide bonds. The monoisotopic (exact) mass is 295 g/mol. The van der Waals surface area contributed by atoms with Crippen LogP contribution < -0.4 is 19.9 Å². The topological polar surface area (TPSA) is 62.9 Å². The van der Waals surface area contributed by atoms with Gasteiger partial charge in [-0.2, -0.15) is 13.2 Å². The smallest absolute Gasteiger partial charge is 0.411 e. The lowest BCUT2D eigenvalue weighted by atomic mass is 10.2. The third-order valence-corrected chi connectivity index (χ3v) is 2.31. The molecule has 114 valence electrons.